The van der Waals surface area contributed by atoms with Crippen molar-refractivity contribution in [1.82, 2.24) is 5.43 Å². The molecule has 2 rings (SSSR count). The second-order valence-corrected chi connectivity index (χ2v) is 5.09. The number of benzene rings is 1. The first-order chi connectivity index (χ1) is 10.2. The number of ether oxygens (including phenoxy) is 1. The van der Waals surface area contributed by atoms with Crippen LogP contribution in [0.25, 0.3) is 0 Å². The summed E-state index contributed by atoms with van der Waals surface area (Å²) in [6.07, 6.45) is 4.37. The molecule has 0 spiro atoms. The van der Waals surface area contributed by atoms with Crippen molar-refractivity contribution in [2.75, 3.05) is 11.9 Å². The second-order valence-electron chi connectivity index (χ2n) is 5.09. The summed E-state index contributed by atoms with van der Waals surface area (Å²) in [6.45, 7) is 0.620. The number of aryl methyl sites for hydroxylation is 1. The van der Waals surface area contributed by atoms with Crippen LogP contribution < -0.4 is 21.3 Å². The van der Waals surface area contributed by atoms with Crippen LogP contribution in [0.4, 0.5) is 5.69 Å². The Morgan fingerprint density at radius 3 is 2.95 bits per heavy atom. The van der Waals surface area contributed by atoms with Crippen LogP contribution in [0.2, 0.25) is 0 Å². The Bertz CT molecular complexity index is 517. The zero-order chi connectivity index (χ0) is 15.1. The van der Waals surface area contributed by atoms with Gasteiger partial charge < -0.3 is 10.1 Å². The summed E-state index contributed by atoms with van der Waals surface area (Å²) >= 11 is 0. The molecule has 0 atom stereocenters. The topological polar surface area (TPSA) is 93.4 Å². The highest BCUT2D eigenvalue weighted by atomic mass is 16.5. The van der Waals surface area contributed by atoms with Crippen LogP contribution in [0.5, 0.6) is 5.75 Å². The lowest BCUT2D eigenvalue weighted by Crippen LogP contribution is -2.29. The van der Waals surface area contributed by atoms with E-state index in [1.807, 2.05) is 18.2 Å². The van der Waals surface area contributed by atoms with E-state index in [2.05, 4.69) is 10.7 Å². The lowest BCUT2D eigenvalue weighted by atomic mass is 10.0. The first kappa shape index (κ1) is 15.3. The van der Waals surface area contributed by atoms with E-state index in [1.54, 1.807) is 0 Å². The first-order valence-electron chi connectivity index (χ1n) is 7.24. The van der Waals surface area contributed by atoms with Crippen LogP contribution >= 0.6 is 0 Å². The summed E-state index contributed by atoms with van der Waals surface area (Å²) in [5.41, 5.74) is 4.11. The lowest BCUT2D eigenvalue weighted by Gasteiger charge is -2.17. The maximum atomic E-state index is 11.3. The Hall–Kier alpha value is -2.08. The number of unbranched alkanes of at least 4 members (excludes halogenated alkanes) is 2. The molecular weight excluding hydrogens is 270 g/mol. The molecule has 6 nitrogen and oxygen atoms in total. The summed E-state index contributed by atoms with van der Waals surface area (Å²) in [6, 6.07) is 5.73. The molecular formula is C15H21N3O3. The fraction of sp³-hybridized carbons (Fsp3) is 0.467. The van der Waals surface area contributed by atoms with Gasteiger partial charge in [0, 0.05) is 18.5 Å². The van der Waals surface area contributed by atoms with Gasteiger partial charge >= 0.3 is 0 Å². The number of anilines is 1. The number of amides is 2. The molecule has 0 aliphatic carbocycles. The normalized spacial score (nSPS) is 13.3. The Morgan fingerprint density at radius 1 is 1.29 bits per heavy atom. The summed E-state index contributed by atoms with van der Waals surface area (Å²) < 4.78 is 5.69. The van der Waals surface area contributed by atoms with Crippen molar-refractivity contribution in [3.8, 4) is 5.75 Å². The third kappa shape index (κ3) is 4.75. The van der Waals surface area contributed by atoms with E-state index < -0.39 is 0 Å². The molecule has 1 aromatic rings. The maximum absolute atomic E-state index is 11.3. The van der Waals surface area contributed by atoms with Gasteiger partial charge in [0.15, 0.2) is 0 Å². The van der Waals surface area contributed by atoms with Gasteiger partial charge in [0.2, 0.25) is 11.8 Å². The second kappa shape index (κ2) is 7.64. The molecule has 1 aliphatic heterocycles. The zero-order valence-electron chi connectivity index (χ0n) is 12.0. The van der Waals surface area contributed by atoms with Crippen molar-refractivity contribution in [2.24, 2.45) is 5.84 Å². The number of fused-ring (bicyclic) bond motifs is 1. The van der Waals surface area contributed by atoms with Crippen molar-refractivity contribution in [3.05, 3.63) is 23.8 Å². The van der Waals surface area contributed by atoms with E-state index in [4.69, 9.17) is 10.6 Å². The van der Waals surface area contributed by atoms with E-state index in [1.165, 1.54) is 0 Å². The molecule has 0 saturated heterocycles. The van der Waals surface area contributed by atoms with Crippen LogP contribution in [-0.2, 0) is 16.0 Å². The quantitative estimate of drug-likeness (QED) is 0.307. The minimum atomic E-state index is -0.132. The molecule has 0 saturated carbocycles. The lowest BCUT2D eigenvalue weighted by molar-refractivity contribution is -0.121. The Labute approximate surface area is 124 Å². The molecule has 4 N–H and O–H groups in total. The minimum Gasteiger partial charge on any atom is -0.494 e. The fourth-order valence-electron chi connectivity index (χ4n) is 2.28. The predicted molar refractivity (Wildman–Crippen MR) is 79.7 cm³/mol. The number of carbonyl (C=O) groups excluding carboxylic acids is 2. The molecule has 0 unspecified atom stereocenters. The highest BCUT2D eigenvalue weighted by Crippen LogP contribution is 2.26. The molecule has 1 aromatic carbocycles. The van der Waals surface area contributed by atoms with Crippen molar-refractivity contribution in [1.29, 1.82) is 0 Å². The molecule has 0 fully saturated rings. The predicted octanol–water partition coefficient (Wildman–Crippen LogP) is 1.50. The van der Waals surface area contributed by atoms with Gasteiger partial charge in [0.25, 0.3) is 0 Å². The van der Waals surface area contributed by atoms with Gasteiger partial charge in [-0.25, -0.2) is 5.84 Å². The van der Waals surface area contributed by atoms with Gasteiger partial charge in [0.05, 0.1) is 6.61 Å². The molecule has 1 heterocycles. The van der Waals surface area contributed by atoms with Crippen LogP contribution in [-0.4, -0.2) is 18.4 Å². The SMILES string of the molecule is NNC(=O)CCCCCOc1ccc2c(c1)CCC(=O)N2. The van der Waals surface area contributed by atoms with Crippen molar-refractivity contribution < 1.29 is 14.3 Å². The number of hydrogen-bond acceptors (Lipinski definition) is 4. The average Bonchev–Trinajstić information content (AvgIpc) is 2.50. The number of rotatable bonds is 7. The van der Waals surface area contributed by atoms with Crippen molar-refractivity contribution in [3.63, 3.8) is 0 Å². The molecule has 0 aromatic heterocycles. The zero-order valence-corrected chi connectivity index (χ0v) is 12.0. The Kier molecular flexibility index (Phi) is 5.57. The van der Waals surface area contributed by atoms with E-state index >= 15 is 0 Å². The summed E-state index contributed by atoms with van der Waals surface area (Å²) in [7, 11) is 0. The Balaban J connectivity index is 1.69. The highest BCUT2D eigenvalue weighted by Gasteiger charge is 2.14. The van der Waals surface area contributed by atoms with Gasteiger partial charge in [-0.3, -0.25) is 15.0 Å². The van der Waals surface area contributed by atoms with Crippen molar-refractivity contribution >= 4 is 17.5 Å². The van der Waals surface area contributed by atoms with E-state index in [0.29, 0.717) is 19.4 Å². The van der Waals surface area contributed by atoms with E-state index in [0.717, 1.165) is 42.7 Å². The largest absolute Gasteiger partial charge is 0.494 e. The van der Waals surface area contributed by atoms with Gasteiger partial charge in [-0.2, -0.15) is 0 Å². The third-order valence-electron chi connectivity index (χ3n) is 3.45. The minimum absolute atomic E-state index is 0.0673. The smallest absolute Gasteiger partial charge is 0.233 e. The van der Waals surface area contributed by atoms with Crippen molar-refractivity contribution in [2.45, 2.75) is 38.5 Å². The van der Waals surface area contributed by atoms with Gasteiger partial charge in [0.1, 0.15) is 5.75 Å². The molecule has 0 radical (unpaired) electrons. The Morgan fingerprint density at radius 2 is 2.14 bits per heavy atom. The monoisotopic (exact) mass is 291 g/mol. The number of nitrogens with one attached hydrogen (secondary N) is 2. The maximum Gasteiger partial charge on any atom is 0.233 e. The molecule has 0 bridgehead atoms. The fourth-order valence-corrected chi connectivity index (χ4v) is 2.28. The van der Waals surface area contributed by atoms with Gasteiger partial charge in [-0.1, -0.05) is 0 Å². The number of nitrogens with two attached hydrogens (primary N) is 1. The van der Waals surface area contributed by atoms with E-state index in [-0.39, 0.29) is 11.8 Å². The standard InChI is InChI=1S/C15H21N3O3/c16-18-15(20)4-2-1-3-9-21-12-6-7-13-11(10-12)5-8-14(19)17-13/h6-7,10H,1-5,8-9,16H2,(H,17,19)(H,18,20). The third-order valence-corrected chi connectivity index (χ3v) is 3.45. The molecule has 21 heavy (non-hydrogen) atoms. The summed E-state index contributed by atoms with van der Waals surface area (Å²) in [4.78, 5) is 22.2. The number of carbonyl (C=O) groups is 2. The van der Waals surface area contributed by atoms with Crippen LogP contribution in [0.1, 0.15) is 37.7 Å². The van der Waals surface area contributed by atoms with Crippen LogP contribution in [0.3, 0.4) is 0 Å². The van der Waals surface area contributed by atoms with Crippen LogP contribution in [0, 0.1) is 0 Å². The molecule has 6 heteroatoms. The van der Waals surface area contributed by atoms with E-state index in [9.17, 15) is 9.59 Å². The van der Waals surface area contributed by atoms with Gasteiger partial charge in [-0.05, 0) is 49.4 Å². The molecule has 2 amide bonds. The summed E-state index contributed by atoms with van der Waals surface area (Å²) in [5, 5.41) is 2.84. The highest BCUT2D eigenvalue weighted by molar-refractivity contribution is 5.93. The van der Waals surface area contributed by atoms with Gasteiger partial charge in [-0.15, -0.1) is 0 Å². The molecule has 114 valence electrons. The number of hydrogen-bond donors (Lipinski definition) is 3. The van der Waals surface area contributed by atoms with Crippen LogP contribution in [0.15, 0.2) is 18.2 Å². The number of hydrazine groups is 1. The first-order valence-corrected chi connectivity index (χ1v) is 7.24. The summed E-state index contributed by atoms with van der Waals surface area (Å²) in [5.74, 6) is 5.76. The molecule has 1 aliphatic rings. The average molecular weight is 291 g/mol.